The molecule has 0 aliphatic rings. The zero-order valence-corrected chi connectivity index (χ0v) is 11.8. The highest BCUT2D eigenvalue weighted by atomic mass is 14.6. The van der Waals surface area contributed by atoms with Crippen LogP contribution in [-0.4, -0.2) is 13.3 Å². The molecule has 0 heterocycles. The summed E-state index contributed by atoms with van der Waals surface area (Å²) in [5, 5.41) is 0. The summed E-state index contributed by atoms with van der Waals surface area (Å²) in [6.45, 7) is 16.3. The van der Waals surface area contributed by atoms with Gasteiger partial charge in [0.25, 0.3) is 0 Å². The summed E-state index contributed by atoms with van der Waals surface area (Å²) in [4.78, 5) is 3.81. The maximum absolute atomic E-state index is 3.81. The zero-order chi connectivity index (χ0) is 12.4. The Morgan fingerprint density at radius 3 is 1.43 bits per heavy atom. The van der Waals surface area contributed by atoms with E-state index in [1.54, 1.807) is 7.05 Å². The van der Waals surface area contributed by atoms with Crippen molar-refractivity contribution in [2.24, 2.45) is 4.99 Å². The highest BCUT2D eigenvalue weighted by Crippen LogP contribution is 1.82. The quantitative estimate of drug-likeness (QED) is 0.522. The summed E-state index contributed by atoms with van der Waals surface area (Å²) < 4.78 is 0. The predicted octanol–water partition coefficient (Wildman–Crippen LogP) is 5.12. The number of aliphatic imine (C=N–C) groups is 1. The first-order valence-electron chi connectivity index (χ1n) is 5.77. The van der Waals surface area contributed by atoms with Crippen molar-refractivity contribution in [3.63, 3.8) is 0 Å². The van der Waals surface area contributed by atoms with Gasteiger partial charge in [-0.2, -0.15) is 0 Å². The lowest BCUT2D eigenvalue weighted by molar-refractivity contribution is 1.09. The van der Waals surface area contributed by atoms with Gasteiger partial charge < -0.3 is 0 Å². The molecule has 0 atom stereocenters. The van der Waals surface area contributed by atoms with Crippen LogP contribution in [0.2, 0.25) is 0 Å². The van der Waals surface area contributed by atoms with Crippen LogP contribution in [0.25, 0.3) is 0 Å². The molecule has 0 unspecified atom stereocenters. The van der Waals surface area contributed by atoms with Gasteiger partial charge in [-0.15, -0.1) is 0 Å². The first-order valence-corrected chi connectivity index (χ1v) is 5.77. The summed E-state index contributed by atoms with van der Waals surface area (Å²) in [5.74, 6) is 0. The van der Waals surface area contributed by atoms with Crippen LogP contribution < -0.4 is 0 Å². The smallest absolute Gasteiger partial charge is 0.0277 e. The van der Waals surface area contributed by atoms with E-state index in [2.05, 4.69) is 18.8 Å². The van der Waals surface area contributed by atoms with Crippen molar-refractivity contribution in [2.75, 3.05) is 7.05 Å². The minimum Gasteiger partial charge on any atom is -0.296 e. The molecular formula is C13H31N. The highest BCUT2D eigenvalue weighted by molar-refractivity contribution is 5.77. The molecule has 0 aromatic heterocycles. The van der Waals surface area contributed by atoms with Crippen molar-refractivity contribution in [1.82, 2.24) is 0 Å². The van der Waals surface area contributed by atoms with Gasteiger partial charge in [-0.1, -0.05) is 54.0 Å². The molecule has 0 amide bonds. The Balaban J connectivity index is -0.0000000603. The van der Waals surface area contributed by atoms with Crippen LogP contribution in [0.1, 0.15) is 61.8 Å². The fraction of sp³-hybridized carbons (Fsp3) is 0.769. The molecule has 1 heteroatoms. The molecule has 1 nitrogen and oxygen atoms in total. The third kappa shape index (κ3) is 63.6. The van der Waals surface area contributed by atoms with Crippen LogP contribution in [0, 0.1) is 0 Å². The average molecular weight is 201 g/mol. The van der Waals surface area contributed by atoms with Crippen molar-refractivity contribution in [2.45, 2.75) is 61.8 Å². The second kappa shape index (κ2) is 39.3. The molecule has 0 aliphatic heterocycles. The summed E-state index contributed by atoms with van der Waals surface area (Å²) >= 11 is 0. The lowest BCUT2D eigenvalue weighted by atomic mass is 10.3. The molecule has 0 saturated heterocycles. The number of hydrogen-bond donors (Lipinski definition) is 0. The maximum Gasteiger partial charge on any atom is 0.0277 e. The molecular weight excluding hydrogens is 170 g/mol. The Morgan fingerprint density at radius 2 is 1.36 bits per heavy atom. The largest absolute Gasteiger partial charge is 0.296 e. The van der Waals surface area contributed by atoms with E-state index in [-0.39, 0.29) is 0 Å². The van der Waals surface area contributed by atoms with Crippen molar-refractivity contribution in [1.29, 1.82) is 0 Å². The van der Waals surface area contributed by atoms with E-state index in [0.717, 1.165) is 0 Å². The van der Waals surface area contributed by atoms with Gasteiger partial charge in [0.05, 0.1) is 0 Å². The molecule has 0 aliphatic carbocycles. The summed E-state index contributed by atoms with van der Waals surface area (Å²) in [5.41, 5.74) is 1.21. The van der Waals surface area contributed by atoms with Gasteiger partial charge in [-0.25, -0.2) is 0 Å². The lowest BCUT2D eigenvalue weighted by Gasteiger charge is -1.80. The average Bonchev–Trinajstić information content (AvgIpc) is 2.25. The molecule has 0 N–H and O–H groups in total. The van der Waals surface area contributed by atoms with E-state index < -0.39 is 0 Å². The van der Waals surface area contributed by atoms with Crippen molar-refractivity contribution in [3.05, 3.63) is 11.6 Å². The van der Waals surface area contributed by atoms with E-state index in [0.29, 0.717) is 0 Å². The van der Waals surface area contributed by atoms with Crippen LogP contribution in [-0.2, 0) is 0 Å². The first kappa shape index (κ1) is 23.3. The van der Waals surface area contributed by atoms with E-state index in [1.807, 2.05) is 53.8 Å². The minimum atomic E-state index is 1.21. The van der Waals surface area contributed by atoms with Crippen LogP contribution in [0.5, 0.6) is 0 Å². The molecule has 88 valence electrons. The van der Waals surface area contributed by atoms with Gasteiger partial charge in [0.2, 0.25) is 0 Å². The van der Waals surface area contributed by atoms with Gasteiger partial charge in [-0.05, 0) is 19.4 Å². The van der Waals surface area contributed by atoms with Gasteiger partial charge in [-0.3, -0.25) is 4.99 Å². The third-order valence-electron chi connectivity index (χ3n) is 0.788. The predicted molar refractivity (Wildman–Crippen MR) is 72.5 cm³/mol. The van der Waals surface area contributed by atoms with E-state index in [9.17, 15) is 0 Å². The van der Waals surface area contributed by atoms with E-state index >= 15 is 0 Å². The molecule has 0 rings (SSSR count). The molecule has 0 saturated carbocycles. The normalized spacial score (nSPS) is 8.79. The fourth-order valence-electron chi connectivity index (χ4n) is 0.278. The zero-order valence-electron chi connectivity index (χ0n) is 11.8. The highest BCUT2D eigenvalue weighted by Gasteiger charge is 1.71. The SMILES string of the molecule is C/C=C(/C)C=NC.CC.CC.CCC. The molecule has 0 radical (unpaired) electrons. The monoisotopic (exact) mass is 201 g/mol. The van der Waals surface area contributed by atoms with Gasteiger partial charge in [0, 0.05) is 13.3 Å². The maximum atomic E-state index is 3.81. The van der Waals surface area contributed by atoms with Crippen LogP contribution in [0.15, 0.2) is 16.6 Å². The summed E-state index contributed by atoms with van der Waals surface area (Å²) in [6.07, 6.45) is 5.10. The molecule has 0 aromatic rings. The molecule has 14 heavy (non-hydrogen) atoms. The molecule has 0 aromatic carbocycles. The number of hydrogen-bond acceptors (Lipinski definition) is 1. The Bertz CT molecular complexity index is 102. The van der Waals surface area contributed by atoms with Gasteiger partial charge >= 0.3 is 0 Å². The summed E-state index contributed by atoms with van der Waals surface area (Å²) in [7, 11) is 1.77. The van der Waals surface area contributed by atoms with Crippen LogP contribution in [0.4, 0.5) is 0 Å². The topological polar surface area (TPSA) is 12.4 Å². The Morgan fingerprint density at radius 1 is 1.07 bits per heavy atom. The Labute approximate surface area is 92.3 Å². The fourth-order valence-corrected chi connectivity index (χ4v) is 0.278. The standard InChI is InChI=1S/C6H11N.C3H8.2C2H6/c1-4-6(2)5-7-3;1-3-2;2*1-2/h4-5H,1-3H3;3H2,1-2H3;2*1-2H3/b6-4-,7-5?;;;. The summed E-state index contributed by atoms with van der Waals surface area (Å²) in [6, 6.07) is 0. The van der Waals surface area contributed by atoms with Crippen molar-refractivity contribution < 1.29 is 0 Å². The Hall–Kier alpha value is -0.590. The number of allylic oxidation sites excluding steroid dienone is 2. The second-order valence-corrected chi connectivity index (χ2v) is 2.13. The van der Waals surface area contributed by atoms with Crippen LogP contribution >= 0.6 is 0 Å². The molecule has 0 fully saturated rings. The van der Waals surface area contributed by atoms with Gasteiger partial charge in [0.15, 0.2) is 0 Å². The van der Waals surface area contributed by atoms with Crippen molar-refractivity contribution in [3.8, 4) is 0 Å². The first-order chi connectivity index (χ1) is 6.72. The molecule has 0 bridgehead atoms. The lowest BCUT2D eigenvalue weighted by Crippen LogP contribution is -1.72. The third-order valence-corrected chi connectivity index (χ3v) is 0.788. The van der Waals surface area contributed by atoms with E-state index in [1.165, 1.54) is 12.0 Å². The van der Waals surface area contributed by atoms with E-state index in [4.69, 9.17) is 0 Å². The van der Waals surface area contributed by atoms with Gasteiger partial charge in [0.1, 0.15) is 0 Å². The minimum absolute atomic E-state index is 1.21. The molecule has 0 spiro atoms. The number of nitrogens with zero attached hydrogens (tertiary/aromatic N) is 1. The van der Waals surface area contributed by atoms with Crippen molar-refractivity contribution >= 4 is 6.21 Å². The Kier molecular flexibility index (Phi) is 65.5. The van der Waals surface area contributed by atoms with Crippen LogP contribution in [0.3, 0.4) is 0 Å². The number of rotatable bonds is 1. The second-order valence-electron chi connectivity index (χ2n) is 2.13.